The number of fused-ring (bicyclic) bond motifs is 1. The Morgan fingerprint density at radius 2 is 1.64 bits per heavy atom. The zero-order valence-electron chi connectivity index (χ0n) is 13.3. The normalized spacial score (nSPS) is 33.6. The molecule has 0 bridgehead atoms. The van der Waals surface area contributed by atoms with Crippen molar-refractivity contribution < 1.29 is 19.1 Å². The summed E-state index contributed by atoms with van der Waals surface area (Å²) in [6.07, 6.45) is 1.36. The van der Waals surface area contributed by atoms with Gasteiger partial charge in [0.15, 0.2) is 11.5 Å². The highest BCUT2D eigenvalue weighted by Gasteiger charge is 2.65. The molecule has 4 atom stereocenters. The van der Waals surface area contributed by atoms with Crippen molar-refractivity contribution >= 4 is 11.6 Å². The van der Waals surface area contributed by atoms with Crippen molar-refractivity contribution in [2.75, 3.05) is 14.2 Å². The van der Waals surface area contributed by atoms with Crippen LogP contribution in [0.3, 0.4) is 0 Å². The number of ether oxygens (including phenoxy) is 2. The Labute approximate surface area is 130 Å². The van der Waals surface area contributed by atoms with E-state index in [1.165, 1.54) is 13.2 Å². The highest BCUT2D eigenvalue weighted by molar-refractivity contribution is 6.13. The fourth-order valence-electron chi connectivity index (χ4n) is 4.30. The maximum atomic E-state index is 12.6. The molecule has 0 N–H and O–H groups in total. The van der Waals surface area contributed by atoms with Crippen LogP contribution in [-0.4, -0.2) is 25.8 Å². The Morgan fingerprint density at radius 1 is 1.00 bits per heavy atom. The van der Waals surface area contributed by atoms with Gasteiger partial charge in [0.25, 0.3) is 0 Å². The van der Waals surface area contributed by atoms with E-state index in [0.717, 1.165) is 11.3 Å². The molecule has 116 valence electrons. The number of ketones is 2. The molecule has 2 aliphatic rings. The molecule has 3 rings (SSSR count). The summed E-state index contributed by atoms with van der Waals surface area (Å²) in [4.78, 5) is 25.1. The van der Waals surface area contributed by atoms with Crippen molar-refractivity contribution in [3.05, 3.63) is 41.7 Å². The number of methoxy groups -OCH3 is 2. The minimum Gasteiger partial charge on any atom is -0.497 e. The predicted molar refractivity (Wildman–Crippen MR) is 81.6 cm³/mol. The smallest absolute Gasteiger partial charge is 0.201 e. The van der Waals surface area contributed by atoms with Gasteiger partial charge < -0.3 is 9.47 Å². The van der Waals surface area contributed by atoms with Crippen molar-refractivity contribution in [1.29, 1.82) is 0 Å². The quantitative estimate of drug-likeness (QED) is 0.861. The number of allylic oxidation sites excluding steroid dienone is 2. The standard InChI is InChI=1S/C18H20O4/c1-10-15(11-5-7-12(21-3)8-6-11)18(2)14(19)9-13(22-4)17(20)16(10)18/h5-10,15-16H,1-4H3/t10-,15+,16+,18+/m1/s1. The van der Waals surface area contributed by atoms with Crippen LogP contribution in [0.1, 0.15) is 25.3 Å². The molecule has 0 amide bonds. The van der Waals surface area contributed by atoms with E-state index in [-0.39, 0.29) is 35.1 Å². The van der Waals surface area contributed by atoms with Gasteiger partial charge in [-0.25, -0.2) is 0 Å². The maximum Gasteiger partial charge on any atom is 0.201 e. The Bertz CT molecular complexity index is 658. The highest BCUT2D eigenvalue weighted by Crippen LogP contribution is 2.63. The molecule has 1 saturated carbocycles. The van der Waals surface area contributed by atoms with Crippen LogP contribution < -0.4 is 4.74 Å². The summed E-state index contributed by atoms with van der Waals surface area (Å²) in [5.41, 5.74) is 0.398. The van der Waals surface area contributed by atoms with E-state index in [1.54, 1.807) is 7.11 Å². The van der Waals surface area contributed by atoms with Crippen LogP contribution in [0.2, 0.25) is 0 Å². The van der Waals surface area contributed by atoms with Gasteiger partial charge in [-0.05, 0) is 23.6 Å². The number of rotatable bonds is 3. The minimum absolute atomic E-state index is 0.0205. The number of hydrogen-bond donors (Lipinski definition) is 0. The van der Waals surface area contributed by atoms with Crippen molar-refractivity contribution in [3.8, 4) is 5.75 Å². The fraction of sp³-hybridized carbons (Fsp3) is 0.444. The molecule has 22 heavy (non-hydrogen) atoms. The monoisotopic (exact) mass is 300 g/mol. The van der Waals surface area contributed by atoms with Crippen molar-refractivity contribution in [3.63, 3.8) is 0 Å². The fourth-order valence-corrected chi connectivity index (χ4v) is 4.30. The van der Waals surface area contributed by atoms with Gasteiger partial charge >= 0.3 is 0 Å². The van der Waals surface area contributed by atoms with Gasteiger partial charge in [-0.15, -0.1) is 0 Å². The van der Waals surface area contributed by atoms with Gasteiger partial charge in [-0.1, -0.05) is 26.0 Å². The zero-order chi connectivity index (χ0) is 16.1. The summed E-state index contributed by atoms with van der Waals surface area (Å²) < 4.78 is 10.2. The Balaban J connectivity index is 2.00. The van der Waals surface area contributed by atoms with Crippen LogP contribution in [0.25, 0.3) is 0 Å². The van der Waals surface area contributed by atoms with Gasteiger partial charge in [0.05, 0.1) is 14.2 Å². The van der Waals surface area contributed by atoms with E-state index in [2.05, 4.69) is 0 Å². The maximum absolute atomic E-state index is 12.6. The molecule has 4 heteroatoms. The lowest BCUT2D eigenvalue weighted by Crippen LogP contribution is -2.61. The summed E-state index contributed by atoms with van der Waals surface area (Å²) in [5.74, 6) is 0.738. The molecule has 1 aromatic carbocycles. The first-order valence-corrected chi connectivity index (χ1v) is 7.43. The largest absolute Gasteiger partial charge is 0.497 e. The number of benzene rings is 1. The first kappa shape index (κ1) is 14.8. The summed E-state index contributed by atoms with van der Waals surface area (Å²) in [6.45, 7) is 3.93. The second-order valence-electron chi connectivity index (χ2n) is 6.31. The van der Waals surface area contributed by atoms with E-state index in [9.17, 15) is 9.59 Å². The molecule has 0 unspecified atom stereocenters. The first-order chi connectivity index (χ1) is 10.4. The molecule has 0 aliphatic heterocycles. The van der Waals surface area contributed by atoms with Gasteiger partial charge in [-0.3, -0.25) is 9.59 Å². The lowest BCUT2D eigenvalue weighted by atomic mass is 9.42. The molecule has 0 saturated heterocycles. The van der Waals surface area contributed by atoms with E-state index in [0.29, 0.717) is 0 Å². The number of carbonyl (C=O) groups is 2. The van der Waals surface area contributed by atoms with Crippen molar-refractivity contribution in [2.24, 2.45) is 17.3 Å². The van der Waals surface area contributed by atoms with Crippen LogP contribution in [0.15, 0.2) is 36.1 Å². The summed E-state index contributed by atoms with van der Waals surface area (Å²) in [7, 11) is 3.06. The van der Waals surface area contributed by atoms with Crippen LogP contribution in [0, 0.1) is 17.3 Å². The summed E-state index contributed by atoms with van der Waals surface area (Å²) in [5, 5.41) is 0. The molecular weight excluding hydrogens is 280 g/mol. The summed E-state index contributed by atoms with van der Waals surface area (Å²) >= 11 is 0. The molecule has 4 nitrogen and oxygen atoms in total. The average molecular weight is 300 g/mol. The number of Topliss-reactive ketones (excluding diaryl/α,β-unsaturated/α-hetero) is 1. The summed E-state index contributed by atoms with van der Waals surface area (Å²) in [6, 6.07) is 7.75. The van der Waals surface area contributed by atoms with Gasteiger partial charge in [0.2, 0.25) is 5.78 Å². The average Bonchev–Trinajstić information content (AvgIpc) is 2.51. The molecule has 1 aromatic rings. The Morgan fingerprint density at radius 3 is 2.18 bits per heavy atom. The van der Waals surface area contributed by atoms with Crippen LogP contribution in [-0.2, 0) is 14.3 Å². The molecular formula is C18H20O4. The SMILES string of the molecule is COC1=CC(=O)[C@]2(C)[C@H](C1=O)[C@H](C)[C@H]2c1ccc(OC)cc1. The third kappa shape index (κ3) is 1.76. The highest BCUT2D eigenvalue weighted by atomic mass is 16.5. The molecule has 1 fully saturated rings. The number of carbonyl (C=O) groups excluding carboxylic acids is 2. The third-order valence-electron chi connectivity index (χ3n) is 5.36. The molecule has 0 spiro atoms. The Hall–Kier alpha value is -2.10. The van der Waals surface area contributed by atoms with Gasteiger partial charge in [0.1, 0.15) is 5.75 Å². The lowest BCUT2D eigenvalue weighted by Gasteiger charge is -2.58. The molecule has 0 radical (unpaired) electrons. The molecule has 0 heterocycles. The molecule has 0 aromatic heterocycles. The third-order valence-corrected chi connectivity index (χ3v) is 5.36. The van der Waals surface area contributed by atoms with E-state index >= 15 is 0 Å². The van der Waals surface area contributed by atoms with Crippen LogP contribution in [0.4, 0.5) is 0 Å². The van der Waals surface area contributed by atoms with E-state index < -0.39 is 5.41 Å². The van der Waals surface area contributed by atoms with Crippen molar-refractivity contribution in [2.45, 2.75) is 19.8 Å². The molecule has 2 aliphatic carbocycles. The van der Waals surface area contributed by atoms with Crippen molar-refractivity contribution in [1.82, 2.24) is 0 Å². The van der Waals surface area contributed by atoms with Crippen LogP contribution >= 0.6 is 0 Å². The van der Waals surface area contributed by atoms with E-state index in [4.69, 9.17) is 9.47 Å². The van der Waals surface area contributed by atoms with Gasteiger partial charge in [-0.2, -0.15) is 0 Å². The first-order valence-electron chi connectivity index (χ1n) is 7.43. The minimum atomic E-state index is -0.673. The predicted octanol–water partition coefficient (Wildman–Crippen LogP) is 2.73. The Kier molecular flexibility index (Phi) is 3.35. The second kappa shape index (κ2) is 4.97. The lowest BCUT2D eigenvalue weighted by molar-refractivity contribution is -0.158. The topological polar surface area (TPSA) is 52.6 Å². The zero-order valence-corrected chi connectivity index (χ0v) is 13.3. The van der Waals surface area contributed by atoms with E-state index in [1.807, 2.05) is 38.1 Å². The van der Waals surface area contributed by atoms with Crippen LogP contribution in [0.5, 0.6) is 5.75 Å². The number of hydrogen-bond acceptors (Lipinski definition) is 4. The second-order valence-corrected chi connectivity index (χ2v) is 6.31. The van der Waals surface area contributed by atoms with Gasteiger partial charge in [0, 0.05) is 23.3 Å².